The van der Waals surface area contributed by atoms with Crippen LogP contribution < -0.4 is 5.32 Å². The third kappa shape index (κ3) is 2.99. The number of nitrogens with zero attached hydrogens (tertiary/aromatic N) is 4. The van der Waals surface area contributed by atoms with Crippen LogP contribution in [-0.2, 0) is 21.7 Å². The second kappa shape index (κ2) is 5.98. The monoisotopic (exact) mass is 369 g/mol. The lowest BCUT2D eigenvalue weighted by Crippen LogP contribution is -2.52. The summed E-state index contributed by atoms with van der Waals surface area (Å²) in [6, 6.07) is 4.62. The zero-order valence-electron chi connectivity index (χ0n) is 15.0. The summed E-state index contributed by atoms with van der Waals surface area (Å²) in [4.78, 5) is 37.6. The van der Waals surface area contributed by atoms with Crippen LogP contribution in [0.1, 0.15) is 48.3 Å². The van der Waals surface area contributed by atoms with E-state index in [1.54, 1.807) is 32.2 Å². The highest BCUT2D eigenvalue weighted by Gasteiger charge is 2.39. The van der Waals surface area contributed by atoms with Crippen LogP contribution in [0.25, 0.3) is 5.69 Å². The number of carbonyl (C=O) groups excluding carboxylic acids is 3. The molecule has 1 saturated heterocycles. The minimum absolute atomic E-state index is 0.221. The summed E-state index contributed by atoms with van der Waals surface area (Å²) in [6.07, 6.45) is 2.19. The maximum atomic E-state index is 12.7. The van der Waals surface area contributed by atoms with Gasteiger partial charge < -0.3 is 10.0 Å². The molecule has 0 saturated carbocycles. The van der Waals surface area contributed by atoms with Crippen molar-refractivity contribution in [2.45, 2.75) is 44.9 Å². The maximum absolute atomic E-state index is 12.7. The molecule has 2 aliphatic heterocycles. The minimum atomic E-state index is -1.10. The Balaban J connectivity index is 1.60. The number of rotatable bonds is 3. The van der Waals surface area contributed by atoms with Crippen molar-refractivity contribution >= 4 is 17.7 Å². The number of benzene rings is 1. The topological polar surface area (TPSA) is 117 Å². The second-order valence-corrected chi connectivity index (χ2v) is 7.35. The molecule has 3 amide bonds. The summed E-state index contributed by atoms with van der Waals surface area (Å²) in [6.45, 7) is 3.54. The van der Waals surface area contributed by atoms with Crippen molar-refractivity contribution in [3.05, 3.63) is 41.2 Å². The Morgan fingerprint density at radius 1 is 1.26 bits per heavy atom. The molecule has 3 heterocycles. The van der Waals surface area contributed by atoms with Crippen molar-refractivity contribution in [3.8, 4) is 5.69 Å². The van der Waals surface area contributed by atoms with Gasteiger partial charge in [0.25, 0.3) is 5.91 Å². The highest BCUT2D eigenvalue weighted by atomic mass is 16.3. The zero-order valence-corrected chi connectivity index (χ0v) is 15.0. The standard InChI is InChI=1S/C18H19N5O4/c1-18(2,27)14-9-23(21-20-14)11-3-4-12-10(7-11)8-22(17(12)26)13-5-6-15(24)19-16(13)25/h3-4,7,9,13,27H,5-6,8H2,1-2H3,(H,19,24,25). The lowest BCUT2D eigenvalue weighted by Gasteiger charge is -2.29. The van der Waals surface area contributed by atoms with Gasteiger partial charge in [-0.15, -0.1) is 5.10 Å². The Hall–Kier alpha value is -3.07. The molecule has 1 fully saturated rings. The maximum Gasteiger partial charge on any atom is 0.255 e. The fourth-order valence-electron chi connectivity index (χ4n) is 3.37. The van der Waals surface area contributed by atoms with Crippen molar-refractivity contribution in [1.29, 1.82) is 0 Å². The summed E-state index contributed by atoms with van der Waals surface area (Å²) in [5.41, 5.74) is 1.35. The molecule has 9 heteroatoms. The minimum Gasteiger partial charge on any atom is -0.384 e. The van der Waals surface area contributed by atoms with E-state index in [1.807, 2.05) is 6.07 Å². The van der Waals surface area contributed by atoms with Gasteiger partial charge in [-0.3, -0.25) is 19.7 Å². The number of hydrogen-bond donors (Lipinski definition) is 2. The van der Waals surface area contributed by atoms with Gasteiger partial charge in [0, 0.05) is 18.5 Å². The second-order valence-electron chi connectivity index (χ2n) is 7.35. The van der Waals surface area contributed by atoms with Crippen LogP contribution in [0.2, 0.25) is 0 Å². The van der Waals surface area contributed by atoms with E-state index in [1.165, 1.54) is 9.58 Å². The van der Waals surface area contributed by atoms with Crippen molar-refractivity contribution in [3.63, 3.8) is 0 Å². The van der Waals surface area contributed by atoms with Gasteiger partial charge in [-0.05, 0) is 44.0 Å². The van der Waals surface area contributed by atoms with E-state index in [0.29, 0.717) is 29.9 Å². The molecule has 27 heavy (non-hydrogen) atoms. The molecule has 1 atom stereocenters. The Kier molecular flexibility index (Phi) is 3.84. The van der Waals surface area contributed by atoms with E-state index < -0.39 is 17.6 Å². The summed E-state index contributed by atoms with van der Waals surface area (Å²) in [5, 5.41) is 20.3. The Bertz CT molecular complexity index is 959. The number of aromatic nitrogens is 3. The lowest BCUT2D eigenvalue weighted by molar-refractivity contribution is -0.136. The first-order valence-corrected chi connectivity index (χ1v) is 8.67. The molecule has 4 rings (SSSR count). The molecule has 9 nitrogen and oxygen atoms in total. The molecule has 0 spiro atoms. The summed E-state index contributed by atoms with van der Waals surface area (Å²) in [5.74, 6) is -0.961. The first-order chi connectivity index (χ1) is 12.7. The Morgan fingerprint density at radius 2 is 2.04 bits per heavy atom. The van der Waals surface area contributed by atoms with Gasteiger partial charge >= 0.3 is 0 Å². The van der Waals surface area contributed by atoms with E-state index in [-0.39, 0.29) is 18.2 Å². The zero-order chi connectivity index (χ0) is 19.3. The number of amides is 3. The van der Waals surface area contributed by atoms with Crippen molar-refractivity contribution in [1.82, 2.24) is 25.2 Å². The predicted octanol–water partition coefficient (Wildman–Crippen LogP) is 0.256. The molecule has 0 radical (unpaired) electrons. The van der Waals surface area contributed by atoms with E-state index in [9.17, 15) is 19.5 Å². The summed E-state index contributed by atoms with van der Waals surface area (Å²) in [7, 11) is 0. The van der Waals surface area contributed by atoms with Gasteiger partial charge in [0.2, 0.25) is 11.8 Å². The van der Waals surface area contributed by atoms with Crippen LogP contribution in [0, 0.1) is 0 Å². The Labute approximate surface area is 155 Å². The van der Waals surface area contributed by atoms with Crippen molar-refractivity contribution in [2.24, 2.45) is 0 Å². The number of imide groups is 1. The summed E-state index contributed by atoms with van der Waals surface area (Å²) >= 11 is 0. The van der Waals surface area contributed by atoms with Crippen LogP contribution >= 0.6 is 0 Å². The smallest absolute Gasteiger partial charge is 0.255 e. The van der Waals surface area contributed by atoms with Gasteiger partial charge in [-0.2, -0.15) is 0 Å². The van der Waals surface area contributed by atoms with Crippen LogP contribution in [0.3, 0.4) is 0 Å². The third-order valence-corrected chi connectivity index (χ3v) is 4.89. The molecule has 2 aromatic rings. The normalized spacial score (nSPS) is 20.0. The van der Waals surface area contributed by atoms with E-state index in [0.717, 1.165) is 5.56 Å². The van der Waals surface area contributed by atoms with E-state index >= 15 is 0 Å². The number of fused-ring (bicyclic) bond motifs is 1. The van der Waals surface area contributed by atoms with Crippen molar-refractivity contribution < 1.29 is 19.5 Å². The van der Waals surface area contributed by atoms with E-state index in [4.69, 9.17) is 0 Å². The SMILES string of the molecule is CC(C)(O)c1cn(-c2ccc3c(c2)CN(C2CCC(=O)NC2=O)C3=O)nn1. The lowest BCUT2D eigenvalue weighted by atomic mass is 10.0. The van der Waals surface area contributed by atoms with Crippen LogP contribution in [0.5, 0.6) is 0 Å². The first-order valence-electron chi connectivity index (χ1n) is 8.67. The van der Waals surface area contributed by atoms with Crippen LogP contribution in [0.4, 0.5) is 0 Å². The third-order valence-electron chi connectivity index (χ3n) is 4.89. The van der Waals surface area contributed by atoms with Crippen molar-refractivity contribution in [2.75, 3.05) is 0 Å². The molecular formula is C18H19N5O4. The fourth-order valence-corrected chi connectivity index (χ4v) is 3.37. The van der Waals surface area contributed by atoms with Gasteiger partial charge in [0.1, 0.15) is 17.3 Å². The molecule has 140 valence electrons. The fraction of sp³-hybridized carbons (Fsp3) is 0.389. The molecular weight excluding hydrogens is 350 g/mol. The number of piperidine rings is 1. The number of carbonyl (C=O) groups is 3. The largest absolute Gasteiger partial charge is 0.384 e. The number of hydrogen-bond acceptors (Lipinski definition) is 6. The van der Waals surface area contributed by atoms with Crippen LogP contribution in [0.15, 0.2) is 24.4 Å². The average molecular weight is 369 g/mol. The van der Waals surface area contributed by atoms with E-state index in [2.05, 4.69) is 15.6 Å². The van der Waals surface area contributed by atoms with Gasteiger partial charge in [0.05, 0.1) is 11.9 Å². The molecule has 1 aromatic heterocycles. The average Bonchev–Trinajstić information content (AvgIpc) is 3.20. The van der Waals surface area contributed by atoms with Crippen LogP contribution in [-0.4, -0.2) is 48.8 Å². The molecule has 2 N–H and O–H groups in total. The quantitative estimate of drug-likeness (QED) is 0.749. The first kappa shape index (κ1) is 17.3. The van der Waals surface area contributed by atoms with Gasteiger partial charge in [-0.1, -0.05) is 5.21 Å². The number of aliphatic hydroxyl groups is 1. The molecule has 1 unspecified atom stereocenters. The molecule has 0 bridgehead atoms. The highest BCUT2D eigenvalue weighted by Crippen LogP contribution is 2.29. The highest BCUT2D eigenvalue weighted by molar-refractivity contribution is 6.05. The number of nitrogens with one attached hydrogen (secondary N) is 1. The molecule has 0 aliphatic carbocycles. The molecule has 1 aromatic carbocycles. The van der Waals surface area contributed by atoms with Gasteiger partial charge in [0.15, 0.2) is 0 Å². The summed E-state index contributed by atoms with van der Waals surface area (Å²) < 4.78 is 1.53. The predicted molar refractivity (Wildman–Crippen MR) is 92.6 cm³/mol. The van der Waals surface area contributed by atoms with Gasteiger partial charge in [-0.25, -0.2) is 4.68 Å². The Morgan fingerprint density at radius 3 is 2.70 bits per heavy atom. The molecule has 2 aliphatic rings.